The zero-order chi connectivity index (χ0) is 20.8. The number of pyridine rings is 1. The number of hydrogen-bond acceptors (Lipinski definition) is 8. The average molecular weight is 408 g/mol. The Hall–Kier alpha value is -3.62. The number of methoxy groups -OCH3 is 2. The fourth-order valence-corrected chi connectivity index (χ4v) is 4.10. The topological polar surface area (TPSA) is 108 Å². The zero-order valence-corrected chi connectivity index (χ0v) is 16.8. The molecule has 0 saturated carbocycles. The van der Waals surface area contributed by atoms with E-state index in [2.05, 4.69) is 26.9 Å². The highest BCUT2D eigenvalue weighted by atomic mass is 17.2. The monoisotopic (exact) mass is 408 g/mol. The Morgan fingerprint density at radius 2 is 1.93 bits per heavy atom. The number of aromatic nitrogens is 4. The van der Waals surface area contributed by atoms with E-state index >= 15 is 0 Å². The van der Waals surface area contributed by atoms with E-state index in [1.54, 1.807) is 6.20 Å². The fraction of sp³-hybridized carbons (Fsp3) is 0.333. The Balaban J connectivity index is 1.83. The van der Waals surface area contributed by atoms with Gasteiger partial charge in [-0.2, -0.15) is 4.98 Å². The Kier molecular flexibility index (Phi) is 4.30. The van der Waals surface area contributed by atoms with Gasteiger partial charge in [0.25, 0.3) is 5.88 Å². The van der Waals surface area contributed by atoms with E-state index in [1.807, 2.05) is 0 Å². The maximum Gasteiger partial charge on any atom is 0.261 e. The number of carbonyl (C=O) groups excluding carboxylic acids is 1. The lowest BCUT2D eigenvalue weighted by Gasteiger charge is -2.26. The van der Waals surface area contributed by atoms with Crippen molar-refractivity contribution < 1.29 is 24.0 Å². The summed E-state index contributed by atoms with van der Waals surface area (Å²) >= 11 is 0. The van der Waals surface area contributed by atoms with E-state index in [1.165, 1.54) is 26.7 Å². The van der Waals surface area contributed by atoms with Gasteiger partial charge in [0, 0.05) is 22.2 Å². The first-order valence-electron chi connectivity index (χ1n) is 9.75. The molecule has 0 amide bonds. The second kappa shape index (κ2) is 7.01. The molecule has 154 valence electrons. The van der Waals surface area contributed by atoms with Gasteiger partial charge in [-0.15, -0.1) is 0 Å². The lowest BCUT2D eigenvalue weighted by atomic mass is 9.80. The van der Waals surface area contributed by atoms with Crippen LogP contribution in [0.15, 0.2) is 6.20 Å². The number of unbranched alkanes of at least 4 members (excludes halogenated alkanes) is 1. The minimum Gasteiger partial charge on any atom is -0.490 e. The smallest absolute Gasteiger partial charge is 0.261 e. The number of fused-ring (bicyclic) bond motifs is 6. The van der Waals surface area contributed by atoms with Gasteiger partial charge in [0.05, 0.1) is 25.8 Å². The van der Waals surface area contributed by atoms with E-state index in [0.717, 1.165) is 28.8 Å². The predicted octanol–water partition coefficient (Wildman–Crippen LogP) is 1.90. The van der Waals surface area contributed by atoms with Gasteiger partial charge in [0.2, 0.25) is 5.75 Å². The number of rotatable bonds is 5. The highest BCUT2D eigenvalue weighted by Gasteiger charge is 2.38. The normalized spacial score (nSPS) is 16.4. The minimum absolute atomic E-state index is 0.0438. The summed E-state index contributed by atoms with van der Waals surface area (Å²) in [5, 5.41) is 1.55. The number of nitrogens with one attached hydrogen (secondary N) is 1. The molecule has 0 fully saturated rings. The summed E-state index contributed by atoms with van der Waals surface area (Å²) in [5.74, 6) is 0.701. The van der Waals surface area contributed by atoms with Crippen LogP contribution in [0.1, 0.15) is 48.2 Å². The highest BCUT2D eigenvalue weighted by molar-refractivity contribution is 6.08. The number of ether oxygens (including phenoxy) is 2. The van der Waals surface area contributed by atoms with Gasteiger partial charge in [-0.25, -0.2) is 4.98 Å². The van der Waals surface area contributed by atoms with Crippen LogP contribution >= 0.6 is 0 Å². The van der Waals surface area contributed by atoms with Crippen LogP contribution in [0.25, 0.3) is 35.4 Å². The van der Waals surface area contributed by atoms with Crippen LogP contribution in [0.5, 0.6) is 11.6 Å². The van der Waals surface area contributed by atoms with Crippen molar-refractivity contribution >= 4 is 18.3 Å². The molecule has 0 bridgehead atoms. The molecule has 9 heteroatoms. The maximum atomic E-state index is 13.6. The Morgan fingerprint density at radius 1 is 1.10 bits per heavy atom. The van der Waals surface area contributed by atoms with Crippen molar-refractivity contribution in [2.24, 2.45) is 0 Å². The Morgan fingerprint density at radius 3 is 2.70 bits per heavy atom. The van der Waals surface area contributed by atoms with Crippen molar-refractivity contribution in [3.05, 3.63) is 27.9 Å². The van der Waals surface area contributed by atoms with Crippen LogP contribution in [0.3, 0.4) is 0 Å². The summed E-state index contributed by atoms with van der Waals surface area (Å²) in [7, 11) is 3.03. The second-order valence-electron chi connectivity index (χ2n) is 7.19. The summed E-state index contributed by atoms with van der Waals surface area (Å²) in [6.07, 6.45) is 7.26. The zero-order valence-electron chi connectivity index (χ0n) is 16.8. The molecule has 30 heavy (non-hydrogen) atoms. The lowest BCUT2D eigenvalue weighted by Crippen LogP contribution is -2.38. The molecular formula is C21H20N4O5. The first-order valence-corrected chi connectivity index (χ1v) is 9.75. The number of nitrogens with zero attached hydrogens (tertiary/aromatic N) is 3. The minimum atomic E-state index is -0.368. The third-order valence-electron chi connectivity index (χ3n) is 5.52. The van der Waals surface area contributed by atoms with Crippen LogP contribution in [0.4, 0.5) is 0 Å². The number of H-pyrrole nitrogens is 1. The molecule has 1 N–H and O–H groups in total. The first-order chi connectivity index (χ1) is 14.7. The predicted molar refractivity (Wildman–Crippen MR) is 106 cm³/mol. The highest BCUT2D eigenvalue weighted by Crippen LogP contribution is 2.43. The molecule has 9 nitrogen and oxygen atoms in total. The van der Waals surface area contributed by atoms with Crippen molar-refractivity contribution in [2.45, 2.75) is 32.1 Å². The molecule has 3 aliphatic heterocycles. The molecule has 0 aromatic carbocycles. The number of carbonyl (C=O) groups is 1. The SMILES string of the molecule is CCCCC1C(=O)c2[nH]c3c(OC)c(OC)nc-3nc2-c2ncc3c(c21)=COOC=3. The molecule has 4 heterocycles. The molecule has 0 radical (unpaired) electrons. The molecule has 0 saturated heterocycles. The molecule has 1 aromatic heterocycles. The third kappa shape index (κ3) is 2.54. The molecule has 5 rings (SSSR count). The van der Waals surface area contributed by atoms with Crippen molar-refractivity contribution in [2.75, 3.05) is 14.2 Å². The van der Waals surface area contributed by atoms with E-state index in [9.17, 15) is 4.79 Å². The molecule has 0 spiro atoms. The van der Waals surface area contributed by atoms with Crippen LogP contribution in [0, 0.1) is 0 Å². The molecular weight excluding hydrogens is 388 g/mol. The number of ketones is 1. The summed E-state index contributed by atoms with van der Waals surface area (Å²) in [4.78, 5) is 40.5. The van der Waals surface area contributed by atoms with Crippen LogP contribution in [0.2, 0.25) is 0 Å². The molecule has 1 aromatic rings. The number of Topliss-reactive ketones (excluding diaryl/α,β-unsaturated/α-hetero) is 1. The maximum absolute atomic E-state index is 13.6. The lowest BCUT2D eigenvalue weighted by molar-refractivity contribution is -0.151. The standard InChI is InChI=1S/C21H20N4O5/c1-4-5-6-11-13-12-9-30-29-8-10(12)7-22-14(13)15-16(18(11)26)23-17-19(27-2)21(28-3)25-20(17)24-15/h7-9,11,23H,4-6H2,1-3H3. The van der Waals surface area contributed by atoms with Crippen LogP contribution in [-0.2, 0) is 9.78 Å². The van der Waals surface area contributed by atoms with Gasteiger partial charge < -0.3 is 14.5 Å². The number of aromatic amines is 1. The van der Waals surface area contributed by atoms with Crippen molar-refractivity contribution in [3.63, 3.8) is 0 Å². The Labute approximate surface area is 171 Å². The van der Waals surface area contributed by atoms with Crippen molar-refractivity contribution in [1.82, 2.24) is 19.9 Å². The van der Waals surface area contributed by atoms with Gasteiger partial charge >= 0.3 is 0 Å². The molecule has 4 aliphatic rings. The van der Waals surface area contributed by atoms with Gasteiger partial charge in [0.15, 0.2) is 24.1 Å². The molecule has 1 aliphatic carbocycles. The van der Waals surface area contributed by atoms with E-state index in [0.29, 0.717) is 46.7 Å². The third-order valence-corrected chi connectivity index (χ3v) is 5.52. The summed E-state index contributed by atoms with van der Waals surface area (Å²) in [5.41, 5.74) is 2.82. The van der Waals surface area contributed by atoms with Gasteiger partial charge in [0.1, 0.15) is 17.1 Å². The fourth-order valence-electron chi connectivity index (χ4n) is 4.10. The van der Waals surface area contributed by atoms with Crippen LogP contribution < -0.4 is 19.9 Å². The average Bonchev–Trinajstić information content (AvgIpc) is 3.14. The van der Waals surface area contributed by atoms with Gasteiger partial charge in [-0.05, 0) is 6.42 Å². The molecule has 1 unspecified atom stereocenters. The van der Waals surface area contributed by atoms with E-state index < -0.39 is 0 Å². The van der Waals surface area contributed by atoms with Crippen molar-refractivity contribution in [1.29, 1.82) is 0 Å². The first kappa shape index (κ1) is 18.4. The summed E-state index contributed by atoms with van der Waals surface area (Å²) < 4.78 is 10.7. The molecule has 1 atom stereocenters. The van der Waals surface area contributed by atoms with E-state index in [-0.39, 0.29) is 11.7 Å². The summed E-state index contributed by atoms with van der Waals surface area (Å²) in [6, 6.07) is 0. The number of hydrogen-bond donors (Lipinski definition) is 1. The Bertz CT molecular complexity index is 1250. The van der Waals surface area contributed by atoms with Crippen molar-refractivity contribution in [3.8, 4) is 34.5 Å². The van der Waals surface area contributed by atoms with Gasteiger partial charge in [-0.1, -0.05) is 19.8 Å². The quantitative estimate of drug-likeness (QED) is 0.638. The largest absolute Gasteiger partial charge is 0.490 e. The van der Waals surface area contributed by atoms with Gasteiger partial charge in [-0.3, -0.25) is 19.6 Å². The van der Waals surface area contributed by atoms with E-state index in [4.69, 9.17) is 19.2 Å². The summed E-state index contributed by atoms with van der Waals surface area (Å²) in [6.45, 7) is 2.10. The van der Waals surface area contributed by atoms with Crippen LogP contribution in [-0.4, -0.2) is 39.9 Å². The second-order valence-corrected chi connectivity index (χ2v) is 7.19.